The molecule has 1 amide bonds. The molecule has 3 heterocycles. The lowest BCUT2D eigenvalue weighted by molar-refractivity contribution is -0.143. The van der Waals surface area contributed by atoms with Gasteiger partial charge < -0.3 is 10.0 Å². The Hall–Kier alpha value is -1.89. The molecule has 1 aliphatic rings. The molecule has 6 nitrogen and oxygen atoms in total. The highest BCUT2D eigenvalue weighted by Gasteiger charge is 2.42. The van der Waals surface area contributed by atoms with Gasteiger partial charge in [0.05, 0.1) is 18.8 Å². The highest BCUT2D eigenvalue weighted by atomic mass is 32.1. The lowest BCUT2D eigenvalue weighted by atomic mass is 10.1. The third-order valence-electron chi connectivity index (χ3n) is 3.90. The van der Waals surface area contributed by atoms with E-state index in [9.17, 15) is 31.1 Å². The van der Waals surface area contributed by atoms with Gasteiger partial charge >= 0.3 is 12.4 Å². The first kappa shape index (κ1) is 18.9. The number of likely N-dealkylation sites (tertiary alicyclic amines) is 1. The summed E-state index contributed by atoms with van der Waals surface area (Å²) in [6.07, 6.45) is -10.8. The first-order chi connectivity index (χ1) is 12.0. The van der Waals surface area contributed by atoms with Crippen LogP contribution in [-0.2, 0) is 24.1 Å². The van der Waals surface area contributed by atoms with Crippen LogP contribution in [0, 0.1) is 5.92 Å². The Kier molecular flexibility index (Phi) is 4.63. The molecule has 1 aliphatic heterocycles. The van der Waals surface area contributed by atoms with Crippen LogP contribution in [-0.4, -0.2) is 43.2 Å². The quantitative estimate of drug-likeness (QED) is 0.799. The highest BCUT2D eigenvalue weighted by Crippen LogP contribution is 2.36. The fourth-order valence-electron chi connectivity index (χ4n) is 2.91. The molecule has 26 heavy (non-hydrogen) atoms. The van der Waals surface area contributed by atoms with E-state index in [1.807, 2.05) is 0 Å². The summed E-state index contributed by atoms with van der Waals surface area (Å²) in [6.45, 7) is -1.34. The summed E-state index contributed by atoms with van der Waals surface area (Å²) in [7, 11) is 0. The van der Waals surface area contributed by atoms with Crippen molar-refractivity contribution in [1.82, 2.24) is 19.5 Å². The van der Waals surface area contributed by atoms with Crippen LogP contribution in [0.4, 0.5) is 26.3 Å². The van der Waals surface area contributed by atoms with Crippen molar-refractivity contribution < 1.29 is 36.2 Å². The van der Waals surface area contributed by atoms with E-state index in [1.54, 1.807) is 0 Å². The van der Waals surface area contributed by atoms with Gasteiger partial charge in [0.25, 0.3) is 0 Å². The molecule has 1 N–H and O–H groups in total. The fourth-order valence-corrected chi connectivity index (χ4v) is 3.69. The molecule has 0 aliphatic carbocycles. The van der Waals surface area contributed by atoms with Gasteiger partial charge in [-0.1, -0.05) is 11.3 Å². The van der Waals surface area contributed by atoms with E-state index in [0.29, 0.717) is 0 Å². The minimum atomic E-state index is -4.81. The number of hydrogen-bond donors (Lipinski definition) is 1. The molecule has 0 aromatic carbocycles. The van der Waals surface area contributed by atoms with E-state index < -0.39 is 55.1 Å². The van der Waals surface area contributed by atoms with Gasteiger partial charge in [0.15, 0.2) is 5.69 Å². The normalized spacial score (nSPS) is 19.1. The topological polar surface area (TPSA) is 70.7 Å². The van der Waals surface area contributed by atoms with Gasteiger partial charge in [-0.15, -0.1) is 0 Å². The Bertz CT molecular complexity index is 827. The molecule has 13 heteroatoms. The Labute approximate surface area is 146 Å². The number of imidazole rings is 1. The van der Waals surface area contributed by atoms with E-state index in [2.05, 4.69) is 10.1 Å². The smallest absolute Gasteiger partial charge is 0.389 e. The van der Waals surface area contributed by atoms with Crippen molar-refractivity contribution in [1.29, 1.82) is 0 Å². The summed E-state index contributed by atoms with van der Waals surface area (Å²) in [5.41, 5.74) is -1.68. The second-order valence-electron chi connectivity index (χ2n) is 5.92. The van der Waals surface area contributed by atoms with Crippen molar-refractivity contribution in [3.05, 3.63) is 16.4 Å². The Morgan fingerprint density at radius 3 is 2.50 bits per heavy atom. The van der Waals surface area contributed by atoms with Gasteiger partial charge in [-0.05, 0) is 5.92 Å². The van der Waals surface area contributed by atoms with Crippen LogP contribution in [0.3, 0.4) is 0 Å². The SMILES string of the molecule is O=C1C[C@H](CC(F)(F)F)CN1Cc1c(C(F)(F)F)nc2sc(CO)nn12. The molecule has 2 aromatic rings. The zero-order valence-electron chi connectivity index (χ0n) is 12.9. The maximum absolute atomic E-state index is 13.2. The summed E-state index contributed by atoms with van der Waals surface area (Å²) < 4.78 is 78.0. The van der Waals surface area contributed by atoms with Crippen molar-refractivity contribution in [3.63, 3.8) is 0 Å². The molecule has 144 valence electrons. The fraction of sp³-hybridized carbons (Fsp3) is 0.615. The van der Waals surface area contributed by atoms with Gasteiger partial charge in [0, 0.05) is 19.4 Å². The van der Waals surface area contributed by atoms with E-state index in [4.69, 9.17) is 5.11 Å². The average molecular weight is 402 g/mol. The summed E-state index contributed by atoms with van der Waals surface area (Å²) in [5.74, 6) is -1.65. The first-order valence-corrected chi connectivity index (χ1v) is 8.19. The van der Waals surface area contributed by atoms with Crippen LogP contribution < -0.4 is 0 Å². The number of carbonyl (C=O) groups is 1. The number of aromatic nitrogens is 3. The molecule has 1 fully saturated rings. The van der Waals surface area contributed by atoms with Crippen molar-refractivity contribution in [2.75, 3.05) is 6.54 Å². The van der Waals surface area contributed by atoms with Gasteiger partial charge in [0.2, 0.25) is 10.9 Å². The lowest BCUT2D eigenvalue weighted by Crippen LogP contribution is -2.27. The zero-order chi connectivity index (χ0) is 19.3. The molecular weight excluding hydrogens is 390 g/mol. The maximum atomic E-state index is 13.2. The molecule has 0 spiro atoms. The van der Waals surface area contributed by atoms with Gasteiger partial charge in [-0.25, -0.2) is 9.50 Å². The molecule has 2 aromatic heterocycles. The van der Waals surface area contributed by atoms with Crippen molar-refractivity contribution >= 4 is 22.2 Å². The van der Waals surface area contributed by atoms with E-state index >= 15 is 0 Å². The van der Waals surface area contributed by atoms with Crippen LogP contribution in [0.15, 0.2) is 0 Å². The molecule has 0 bridgehead atoms. The average Bonchev–Trinajstić information content (AvgIpc) is 3.11. The Morgan fingerprint density at radius 1 is 1.23 bits per heavy atom. The van der Waals surface area contributed by atoms with E-state index in [1.165, 1.54) is 0 Å². The molecule has 3 rings (SSSR count). The first-order valence-electron chi connectivity index (χ1n) is 7.38. The monoisotopic (exact) mass is 402 g/mol. The van der Waals surface area contributed by atoms with Gasteiger partial charge in [0.1, 0.15) is 5.01 Å². The molecule has 0 radical (unpaired) electrons. The number of hydrogen-bond acceptors (Lipinski definition) is 5. The predicted octanol–water partition coefficient (Wildman–Crippen LogP) is 2.60. The number of aliphatic hydroxyl groups excluding tert-OH is 1. The third-order valence-corrected chi connectivity index (χ3v) is 4.79. The predicted molar refractivity (Wildman–Crippen MR) is 76.0 cm³/mol. The van der Waals surface area contributed by atoms with Gasteiger partial charge in [-0.3, -0.25) is 4.79 Å². The largest absolute Gasteiger partial charge is 0.435 e. The zero-order valence-corrected chi connectivity index (χ0v) is 13.7. The van der Waals surface area contributed by atoms with Crippen LogP contribution in [0.5, 0.6) is 0 Å². The number of fused-ring (bicyclic) bond motifs is 1. The number of aliphatic hydroxyl groups is 1. The number of halogens is 6. The third kappa shape index (κ3) is 3.77. The highest BCUT2D eigenvalue weighted by molar-refractivity contribution is 7.16. The van der Waals surface area contributed by atoms with Gasteiger partial charge in [-0.2, -0.15) is 31.4 Å². The minimum Gasteiger partial charge on any atom is -0.389 e. The van der Waals surface area contributed by atoms with Crippen molar-refractivity contribution in [2.24, 2.45) is 5.92 Å². The molecule has 0 unspecified atom stereocenters. The van der Waals surface area contributed by atoms with Crippen LogP contribution in [0.2, 0.25) is 0 Å². The van der Waals surface area contributed by atoms with E-state index in [-0.39, 0.29) is 22.9 Å². The van der Waals surface area contributed by atoms with Crippen molar-refractivity contribution in [2.45, 2.75) is 38.3 Å². The summed E-state index contributed by atoms with van der Waals surface area (Å²) in [4.78, 5) is 16.2. The summed E-state index contributed by atoms with van der Waals surface area (Å²) in [5, 5.41) is 13.0. The number of nitrogens with zero attached hydrogens (tertiary/aromatic N) is 4. The summed E-state index contributed by atoms with van der Waals surface area (Å²) >= 11 is 0.754. The Morgan fingerprint density at radius 2 is 1.92 bits per heavy atom. The number of alkyl halides is 6. The molecule has 1 saturated heterocycles. The second-order valence-corrected chi connectivity index (χ2v) is 6.96. The number of amides is 1. The summed E-state index contributed by atoms with van der Waals surface area (Å²) in [6, 6.07) is 0. The van der Waals surface area contributed by atoms with Crippen LogP contribution in [0.1, 0.15) is 29.2 Å². The number of carbonyl (C=O) groups excluding carboxylic acids is 1. The van der Waals surface area contributed by atoms with Crippen LogP contribution >= 0.6 is 11.3 Å². The minimum absolute atomic E-state index is 0.116. The molecule has 0 saturated carbocycles. The molecular formula is C13H12F6N4O2S. The van der Waals surface area contributed by atoms with E-state index in [0.717, 1.165) is 20.8 Å². The lowest BCUT2D eigenvalue weighted by Gasteiger charge is -2.18. The maximum Gasteiger partial charge on any atom is 0.435 e. The van der Waals surface area contributed by atoms with Crippen LogP contribution in [0.25, 0.3) is 4.96 Å². The van der Waals surface area contributed by atoms with Crippen molar-refractivity contribution in [3.8, 4) is 0 Å². The second kappa shape index (κ2) is 6.37. The standard InChI is InChI=1S/C13H12F6N4O2S/c14-12(15,16)2-6-1-9(25)22(3-6)4-7-10(13(17,18)19)20-11-23(7)21-8(5-24)26-11/h6,24H,1-5H2/t6-/m1/s1. The number of rotatable bonds is 4. The Balaban J connectivity index is 1.90. The molecule has 1 atom stereocenters.